The number of nitrogens with zero attached hydrogens (tertiary/aromatic N) is 2. The summed E-state index contributed by atoms with van der Waals surface area (Å²) < 4.78 is 24.1. The first-order chi connectivity index (χ1) is 16.0. The first-order valence-electron chi connectivity index (χ1n) is 10.2. The van der Waals surface area contributed by atoms with Crippen LogP contribution in [0.3, 0.4) is 0 Å². The van der Waals surface area contributed by atoms with Crippen molar-refractivity contribution in [3.63, 3.8) is 0 Å². The predicted molar refractivity (Wildman–Crippen MR) is 120 cm³/mol. The van der Waals surface area contributed by atoms with E-state index in [9.17, 15) is 14.3 Å². The SMILES string of the molecule is COc1ccc(N2C(=O)c3[nH]nc(-c4ccc(F)cc4)c3C2c2ccc(O)c(OC)c2)cc1. The lowest BCUT2D eigenvalue weighted by molar-refractivity contribution is 0.0988. The zero-order valence-electron chi connectivity index (χ0n) is 17.9. The van der Waals surface area contributed by atoms with Gasteiger partial charge in [0.2, 0.25) is 0 Å². The summed E-state index contributed by atoms with van der Waals surface area (Å²) in [6.45, 7) is 0. The number of anilines is 1. The van der Waals surface area contributed by atoms with Crippen molar-refractivity contribution in [2.75, 3.05) is 19.1 Å². The van der Waals surface area contributed by atoms with Crippen LogP contribution in [0, 0.1) is 5.82 Å². The van der Waals surface area contributed by atoms with Crippen molar-refractivity contribution < 1.29 is 23.8 Å². The number of aromatic nitrogens is 2. The average molecular weight is 445 g/mol. The molecule has 1 aliphatic heterocycles. The number of nitrogens with one attached hydrogen (secondary N) is 1. The summed E-state index contributed by atoms with van der Waals surface area (Å²) in [6, 6.07) is 17.5. The molecule has 1 atom stereocenters. The highest BCUT2D eigenvalue weighted by atomic mass is 19.1. The molecule has 1 unspecified atom stereocenters. The molecule has 2 N–H and O–H groups in total. The number of halogens is 1. The number of benzene rings is 3. The molecule has 0 aliphatic carbocycles. The van der Waals surface area contributed by atoms with E-state index in [-0.39, 0.29) is 23.2 Å². The van der Waals surface area contributed by atoms with Crippen LogP contribution in [0.25, 0.3) is 11.3 Å². The van der Waals surface area contributed by atoms with Gasteiger partial charge in [0.05, 0.1) is 26.0 Å². The number of fused-ring (bicyclic) bond motifs is 1. The quantitative estimate of drug-likeness (QED) is 0.465. The molecule has 1 aromatic heterocycles. The highest BCUT2D eigenvalue weighted by Crippen LogP contribution is 2.46. The topological polar surface area (TPSA) is 87.7 Å². The molecule has 0 spiro atoms. The number of methoxy groups -OCH3 is 2. The van der Waals surface area contributed by atoms with Crippen LogP contribution in [0.4, 0.5) is 10.1 Å². The van der Waals surface area contributed by atoms with E-state index >= 15 is 0 Å². The number of H-pyrrole nitrogens is 1. The molecule has 0 saturated heterocycles. The number of phenols is 1. The monoisotopic (exact) mass is 445 g/mol. The van der Waals surface area contributed by atoms with E-state index in [1.54, 1.807) is 60.5 Å². The third kappa shape index (κ3) is 3.36. The van der Waals surface area contributed by atoms with Crippen LogP contribution in [0.1, 0.15) is 27.7 Å². The largest absolute Gasteiger partial charge is 0.504 e. The first kappa shape index (κ1) is 20.6. The Hall–Kier alpha value is -4.33. The molecule has 2 heterocycles. The molecule has 1 amide bonds. The van der Waals surface area contributed by atoms with E-state index in [1.807, 2.05) is 0 Å². The standard InChI is InChI=1S/C25H20FN3O4/c1-32-18-10-8-17(9-11-18)29-24(15-5-12-19(30)20(13-15)33-2)21-22(27-28-23(21)25(29)31)14-3-6-16(26)7-4-14/h3-13,24,30H,1-2H3,(H,27,28). The third-order valence-electron chi connectivity index (χ3n) is 5.76. The van der Waals surface area contributed by atoms with Gasteiger partial charge in [0, 0.05) is 16.8 Å². The van der Waals surface area contributed by atoms with Crippen molar-refractivity contribution in [3.05, 3.63) is 89.4 Å². The fourth-order valence-electron chi connectivity index (χ4n) is 4.16. The Bertz CT molecular complexity index is 1330. The molecule has 0 radical (unpaired) electrons. The molecule has 1 aliphatic rings. The van der Waals surface area contributed by atoms with E-state index in [2.05, 4.69) is 10.2 Å². The molecule has 7 nitrogen and oxygen atoms in total. The van der Waals surface area contributed by atoms with Gasteiger partial charge in [-0.2, -0.15) is 5.10 Å². The minimum atomic E-state index is -0.561. The fraction of sp³-hybridized carbons (Fsp3) is 0.120. The second-order valence-electron chi connectivity index (χ2n) is 7.57. The summed E-state index contributed by atoms with van der Waals surface area (Å²) in [7, 11) is 3.04. The van der Waals surface area contributed by atoms with Gasteiger partial charge >= 0.3 is 0 Å². The second-order valence-corrected chi connectivity index (χ2v) is 7.57. The summed E-state index contributed by atoms with van der Waals surface area (Å²) in [4.78, 5) is 15.2. The van der Waals surface area contributed by atoms with E-state index < -0.39 is 6.04 Å². The Morgan fingerprint density at radius 1 is 1.00 bits per heavy atom. The number of ether oxygens (including phenoxy) is 2. The number of carbonyl (C=O) groups is 1. The summed E-state index contributed by atoms with van der Waals surface area (Å²) in [5.41, 5.74) is 3.61. The summed E-state index contributed by atoms with van der Waals surface area (Å²) in [6.07, 6.45) is 0. The maximum atomic E-state index is 13.5. The van der Waals surface area contributed by atoms with Gasteiger partial charge in [-0.3, -0.25) is 14.8 Å². The molecule has 0 fully saturated rings. The van der Waals surface area contributed by atoms with Crippen molar-refractivity contribution in [2.24, 2.45) is 0 Å². The van der Waals surface area contributed by atoms with Gasteiger partial charge in [0.25, 0.3) is 5.91 Å². The van der Waals surface area contributed by atoms with E-state index in [4.69, 9.17) is 9.47 Å². The van der Waals surface area contributed by atoms with Crippen LogP contribution in [0.2, 0.25) is 0 Å². The third-order valence-corrected chi connectivity index (χ3v) is 5.76. The van der Waals surface area contributed by atoms with Crippen LogP contribution < -0.4 is 14.4 Å². The predicted octanol–water partition coefficient (Wildman–Crippen LogP) is 4.69. The number of rotatable bonds is 5. The van der Waals surface area contributed by atoms with Crippen LogP contribution >= 0.6 is 0 Å². The zero-order chi connectivity index (χ0) is 23.1. The maximum Gasteiger partial charge on any atom is 0.277 e. The van der Waals surface area contributed by atoms with Gasteiger partial charge in [0.15, 0.2) is 11.5 Å². The minimum absolute atomic E-state index is 0.00672. The molecular formula is C25H20FN3O4. The van der Waals surface area contributed by atoms with Crippen molar-refractivity contribution >= 4 is 11.6 Å². The van der Waals surface area contributed by atoms with Crippen molar-refractivity contribution in [1.82, 2.24) is 10.2 Å². The number of phenolic OH excluding ortho intramolecular Hbond substituents is 1. The summed E-state index contributed by atoms with van der Waals surface area (Å²) >= 11 is 0. The molecule has 33 heavy (non-hydrogen) atoms. The number of hydrogen-bond acceptors (Lipinski definition) is 5. The maximum absolute atomic E-state index is 13.5. The fourth-order valence-corrected chi connectivity index (χ4v) is 4.16. The molecular weight excluding hydrogens is 425 g/mol. The Morgan fingerprint density at radius 3 is 2.39 bits per heavy atom. The molecule has 8 heteroatoms. The lowest BCUT2D eigenvalue weighted by Gasteiger charge is -2.27. The van der Waals surface area contributed by atoms with Crippen molar-refractivity contribution in [2.45, 2.75) is 6.04 Å². The molecule has 3 aromatic carbocycles. The lowest BCUT2D eigenvalue weighted by Crippen LogP contribution is -2.29. The van der Waals surface area contributed by atoms with Crippen LogP contribution in [-0.4, -0.2) is 35.4 Å². The van der Waals surface area contributed by atoms with Crippen LogP contribution in [0.5, 0.6) is 17.2 Å². The number of aromatic hydroxyl groups is 1. The Labute approximate surface area is 189 Å². The highest BCUT2D eigenvalue weighted by Gasteiger charge is 2.43. The highest BCUT2D eigenvalue weighted by molar-refractivity contribution is 6.11. The minimum Gasteiger partial charge on any atom is -0.504 e. The molecule has 166 valence electrons. The summed E-state index contributed by atoms with van der Waals surface area (Å²) in [5.74, 6) is 0.331. The van der Waals surface area contributed by atoms with Gasteiger partial charge in [-0.15, -0.1) is 0 Å². The van der Waals surface area contributed by atoms with E-state index in [0.29, 0.717) is 34.0 Å². The Kier molecular flexibility index (Phi) is 4.97. The van der Waals surface area contributed by atoms with Gasteiger partial charge < -0.3 is 14.6 Å². The van der Waals surface area contributed by atoms with E-state index in [0.717, 1.165) is 5.56 Å². The van der Waals surface area contributed by atoms with E-state index in [1.165, 1.54) is 25.3 Å². The van der Waals surface area contributed by atoms with Gasteiger partial charge in [-0.05, 0) is 66.2 Å². The lowest BCUT2D eigenvalue weighted by atomic mass is 9.95. The average Bonchev–Trinajstić information content (AvgIpc) is 3.39. The van der Waals surface area contributed by atoms with Gasteiger partial charge in [-0.1, -0.05) is 6.07 Å². The smallest absolute Gasteiger partial charge is 0.277 e. The summed E-state index contributed by atoms with van der Waals surface area (Å²) in [5, 5.41) is 17.4. The molecule has 5 rings (SSSR count). The number of hydrogen-bond donors (Lipinski definition) is 2. The van der Waals surface area contributed by atoms with Crippen molar-refractivity contribution in [1.29, 1.82) is 0 Å². The number of carbonyl (C=O) groups excluding carboxylic acids is 1. The van der Waals surface area contributed by atoms with Crippen LogP contribution in [0.15, 0.2) is 66.7 Å². The second kappa shape index (κ2) is 7.98. The molecule has 4 aromatic rings. The normalized spacial score (nSPS) is 14.9. The van der Waals surface area contributed by atoms with Crippen LogP contribution in [-0.2, 0) is 0 Å². The van der Waals surface area contributed by atoms with Gasteiger partial charge in [-0.25, -0.2) is 4.39 Å². The number of amides is 1. The van der Waals surface area contributed by atoms with Gasteiger partial charge in [0.1, 0.15) is 17.3 Å². The number of aromatic amines is 1. The molecule has 0 bridgehead atoms. The Balaban J connectivity index is 1.71. The Morgan fingerprint density at radius 2 is 1.73 bits per heavy atom. The van der Waals surface area contributed by atoms with Crippen molar-refractivity contribution in [3.8, 4) is 28.5 Å². The molecule has 0 saturated carbocycles. The zero-order valence-corrected chi connectivity index (χ0v) is 17.9. The first-order valence-corrected chi connectivity index (χ1v) is 10.2.